The fraction of sp³-hybridized carbons (Fsp3) is 0.696. The number of esters is 1. The van der Waals surface area contributed by atoms with Gasteiger partial charge < -0.3 is 24.4 Å². The first-order valence-corrected chi connectivity index (χ1v) is 11.2. The second kappa shape index (κ2) is 8.06. The smallest absolute Gasteiger partial charge is 0.313 e. The van der Waals surface area contributed by atoms with Crippen molar-refractivity contribution in [2.75, 3.05) is 26.3 Å². The summed E-state index contributed by atoms with van der Waals surface area (Å²) in [5.41, 5.74) is -2.27. The van der Waals surface area contributed by atoms with Crippen molar-refractivity contribution in [1.82, 2.24) is 9.80 Å². The predicted molar refractivity (Wildman–Crippen MR) is 112 cm³/mol. The van der Waals surface area contributed by atoms with E-state index in [1.165, 1.54) is 0 Å². The van der Waals surface area contributed by atoms with E-state index in [-0.39, 0.29) is 31.1 Å². The number of aliphatic hydroxyl groups is 1. The molecule has 4 heterocycles. The van der Waals surface area contributed by atoms with E-state index < -0.39 is 35.0 Å². The molecular weight excluding hydrogens is 400 g/mol. The second-order valence-corrected chi connectivity index (χ2v) is 9.30. The molecular formula is C23H32N2O6. The van der Waals surface area contributed by atoms with Gasteiger partial charge in [0.15, 0.2) is 0 Å². The Morgan fingerprint density at radius 2 is 1.90 bits per heavy atom. The van der Waals surface area contributed by atoms with Gasteiger partial charge in [0, 0.05) is 25.7 Å². The third kappa shape index (κ3) is 3.31. The number of amides is 2. The van der Waals surface area contributed by atoms with Crippen LogP contribution in [-0.4, -0.2) is 82.3 Å². The molecule has 1 unspecified atom stereocenters. The molecule has 0 radical (unpaired) electrons. The minimum Gasteiger partial charge on any atom is -0.465 e. The fourth-order valence-electron chi connectivity index (χ4n) is 5.60. The topological polar surface area (TPSA) is 96.4 Å². The first-order chi connectivity index (χ1) is 14.8. The van der Waals surface area contributed by atoms with E-state index in [1.807, 2.05) is 38.2 Å². The van der Waals surface area contributed by atoms with Crippen LogP contribution in [0.5, 0.6) is 0 Å². The van der Waals surface area contributed by atoms with E-state index in [0.29, 0.717) is 32.4 Å². The summed E-state index contributed by atoms with van der Waals surface area (Å²) in [5, 5.41) is 9.21. The molecule has 4 rings (SSSR count). The van der Waals surface area contributed by atoms with Gasteiger partial charge in [-0.3, -0.25) is 14.4 Å². The minimum absolute atomic E-state index is 0.0154. The average molecular weight is 433 g/mol. The number of nitrogens with zero attached hydrogens (tertiary/aromatic N) is 2. The summed E-state index contributed by atoms with van der Waals surface area (Å²) < 4.78 is 12.1. The van der Waals surface area contributed by atoms with Crippen LogP contribution in [0.2, 0.25) is 0 Å². The number of ether oxygens (including phenoxy) is 2. The minimum atomic E-state index is -1.23. The quantitative estimate of drug-likeness (QED) is 0.396. The Bertz CT molecular complexity index is 823. The van der Waals surface area contributed by atoms with Gasteiger partial charge in [-0.1, -0.05) is 24.3 Å². The van der Waals surface area contributed by atoms with E-state index in [9.17, 15) is 19.5 Å². The van der Waals surface area contributed by atoms with Gasteiger partial charge in [0.05, 0.1) is 18.1 Å². The molecule has 0 aromatic rings. The lowest BCUT2D eigenvalue weighted by molar-refractivity contribution is -0.160. The van der Waals surface area contributed by atoms with Crippen LogP contribution in [0.25, 0.3) is 0 Å². The highest BCUT2D eigenvalue weighted by Crippen LogP contribution is 2.57. The third-order valence-corrected chi connectivity index (χ3v) is 6.98. The second-order valence-electron chi connectivity index (χ2n) is 9.30. The predicted octanol–water partition coefficient (Wildman–Crippen LogP) is 1.04. The fourth-order valence-corrected chi connectivity index (χ4v) is 5.60. The summed E-state index contributed by atoms with van der Waals surface area (Å²) in [6.45, 7) is 6.71. The summed E-state index contributed by atoms with van der Waals surface area (Å²) in [6, 6.07) is -0.896. The third-order valence-electron chi connectivity index (χ3n) is 6.98. The summed E-state index contributed by atoms with van der Waals surface area (Å²) in [4.78, 5) is 43.9. The highest BCUT2D eigenvalue weighted by atomic mass is 16.6. The van der Waals surface area contributed by atoms with Gasteiger partial charge in [0.25, 0.3) is 0 Å². The maximum Gasteiger partial charge on any atom is 0.313 e. The summed E-state index contributed by atoms with van der Waals surface area (Å²) in [5.74, 6) is -2.55. The number of cyclic esters (lactones) is 1. The molecule has 8 nitrogen and oxygen atoms in total. The van der Waals surface area contributed by atoms with Crippen molar-refractivity contribution in [2.45, 2.75) is 63.3 Å². The molecule has 2 fully saturated rings. The van der Waals surface area contributed by atoms with Crippen molar-refractivity contribution in [2.24, 2.45) is 11.8 Å². The monoisotopic (exact) mass is 432 g/mol. The largest absolute Gasteiger partial charge is 0.465 e. The van der Waals surface area contributed by atoms with E-state index in [1.54, 1.807) is 16.7 Å². The molecule has 31 heavy (non-hydrogen) atoms. The Labute approximate surface area is 182 Å². The van der Waals surface area contributed by atoms with Gasteiger partial charge in [-0.15, -0.1) is 0 Å². The zero-order valence-electron chi connectivity index (χ0n) is 18.5. The Morgan fingerprint density at radius 3 is 2.61 bits per heavy atom. The molecule has 0 saturated carbocycles. The molecule has 2 saturated heterocycles. The maximum absolute atomic E-state index is 13.8. The number of carbonyl (C=O) groups is 3. The number of fused-ring (bicyclic) bond motifs is 2. The number of unbranched alkanes of at least 4 members (excludes halogenated alkanes) is 1. The number of likely N-dealkylation sites (tertiary alicyclic amines) is 1. The summed E-state index contributed by atoms with van der Waals surface area (Å²) in [6.07, 6.45) is 9.16. The first-order valence-electron chi connectivity index (χ1n) is 11.2. The first kappa shape index (κ1) is 22.0. The van der Waals surface area contributed by atoms with Crippen molar-refractivity contribution in [1.29, 1.82) is 0 Å². The van der Waals surface area contributed by atoms with E-state index in [0.717, 1.165) is 0 Å². The lowest BCUT2D eigenvalue weighted by Gasteiger charge is -2.38. The van der Waals surface area contributed by atoms with Crippen molar-refractivity contribution in [3.05, 3.63) is 24.3 Å². The van der Waals surface area contributed by atoms with Crippen LogP contribution in [0.15, 0.2) is 24.3 Å². The lowest BCUT2D eigenvalue weighted by Crippen LogP contribution is -2.57. The SMILES string of the molecule is CC(C)N1CC=C[C@]23O[C@@]4(C)C=CCCOC(=O)[C@H]4[C@H]2C(=O)N(CCCCO)C3C1=O. The van der Waals surface area contributed by atoms with Gasteiger partial charge in [-0.05, 0) is 40.0 Å². The van der Waals surface area contributed by atoms with Crippen LogP contribution in [0.4, 0.5) is 0 Å². The number of hydrogen-bond donors (Lipinski definition) is 1. The summed E-state index contributed by atoms with van der Waals surface area (Å²) >= 11 is 0. The number of aliphatic hydroxyl groups excluding tert-OH is 1. The van der Waals surface area contributed by atoms with Crippen molar-refractivity contribution >= 4 is 17.8 Å². The molecule has 170 valence electrons. The molecule has 0 bridgehead atoms. The lowest BCUT2D eigenvalue weighted by atomic mass is 9.74. The van der Waals surface area contributed by atoms with Crippen molar-refractivity contribution < 1.29 is 29.0 Å². The zero-order chi connectivity index (χ0) is 22.4. The Balaban J connectivity index is 1.83. The maximum atomic E-state index is 13.8. The molecule has 4 aliphatic rings. The van der Waals surface area contributed by atoms with E-state index >= 15 is 0 Å². The van der Waals surface area contributed by atoms with Crippen LogP contribution < -0.4 is 0 Å². The number of hydrogen-bond acceptors (Lipinski definition) is 6. The average Bonchev–Trinajstić information content (AvgIpc) is 3.01. The Hall–Kier alpha value is -2.19. The van der Waals surface area contributed by atoms with Crippen molar-refractivity contribution in [3.8, 4) is 0 Å². The molecule has 1 N–H and O–H groups in total. The molecule has 1 spiro atoms. The molecule has 0 aromatic carbocycles. The number of rotatable bonds is 5. The van der Waals surface area contributed by atoms with Crippen LogP contribution in [-0.2, 0) is 23.9 Å². The molecule has 8 heteroatoms. The van der Waals surface area contributed by atoms with Gasteiger partial charge in [-0.2, -0.15) is 0 Å². The van der Waals surface area contributed by atoms with Gasteiger partial charge in [-0.25, -0.2) is 0 Å². The molecule has 4 aliphatic heterocycles. The molecule has 0 aliphatic carbocycles. The van der Waals surface area contributed by atoms with Crippen LogP contribution in [0.1, 0.15) is 40.0 Å². The molecule has 5 atom stereocenters. The van der Waals surface area contributed by atoms with Crippen LogP contribution in [0.3, 0.4) is 0 Å². The Morgan fingerprint density at radius 1 is 1.13 bits per heavy atom. The molecule has 0 aromatic heterocycles. The van der Waals surface area contributed by atoms with Gasteiger partial charge >= 0.3 is 5.97 Å². The number of carbonyl (C=O) groups excluding carboxylic acids is 3. The zero-order valence-corrected chi connectivity index (χ0v) is 18.5. The highest BCUT2D eigenvalue weighted by Gasteiger charge is 2.74. The Kier molecular flexibility index (Phi) is 5.72. The van der Waals surface area contributed by atoms with E-state index in [4.69, 9.17) is 9.47 Å². The van der Waals surface area contributed by atoms with Crippen LogP contribution in [0, 0.1) is 11.8 Å². The standard InChI is InChI=1S/C23H32N2O6/c1-15(2)24-12-8-10-23-16(17-21(29)30-14-7-4-9-22(17,3)31-23)19(27)25(11-5-6-13-26)18(23)20(24)28/h4,8-10,15-18,26H,5-7,11-14H2,1-3H3/t16-,17+,18?,22-,23-/m0/s1. The van der Waals surface area contributed by atoms with E-state index in [2.05, 4.69) is 0 Å². The highest BCUT2D eigenvalue weighted by molar-refractivity contribution is 5.99. The summed E-state index contributed by atoms with van der Waals surface area (Å²) in [7, 11) is 0. The van der Waals surface area contributed by atoms with Crippen LogP contribution >= 0.6 is 0 Å². The van der Waals surface area contributed by atoms with Crippen molar-refractivity contribution in [3.63, 3.8) is 0 Å². The normalized spacial score (nSPS) is 37.3. The van der Waals surface area contributed by atoms with Gasteiger partial charge in [0.1, 0.15) is 17.6 Å². The molecule has 2 amide bonds. The van der Waals surface area contributed by atoms with Gasteiger partial charge in [0.2, 0.25) is 11.8 Å².